The zero-order valence-electron chi connectivity index (χ0n) is 15.9. The average Bonchev–Trinajstić information content (AvgIpc) is 3.03. The highest BCUT2D eigenvalue weighted by molar-refractivity contribution is 6.54. The quantitative estimate of drug-likeness (QED) is 0.795. The van der Waals surface area contributed by atoms with Gasteiger partial charge in [0.1, 0.15) is 0 Å². The predicted octanol–water partition coefficient (Wildman–Crippen LogP) is 1.76. The van der Waals surface area contributed by atoms with Crippen LogP contribution in [0.25, 0.3) is 11.1 Å². The monoisotopic (exact) mass is 378 g/mol. The van der Waals surface area contributed by atoms with E-state index in [0.29, 0.717) is 0 Å². The summed E-state index contributed by atoms with van der Waals surface area (Å²) in [6.07, 6.45) is 0.916. The highest BCUT2D eigenvalue weighted by atomic mass is 16.6. The molecule has 0 unspecified atom stereocenters. The van der Waals surface area contributed by atoms with Gasteiger partial charge in [-0.1, -0.05) is 35.5 Å². The third-order valence-corrected chi connectivity index (χ3v) is 5.14. The molecule has 2 N–H and O–H groups in total. The van der Waals surface area contributed by atoms with Crippen molar-refractivity contribution in [3.05, 3.63) is 53.1 Å². The predicted molar refractivity (Wildman–Crippen MR) is 107 cm³/mol. The number of hydrogen-bond acceptors (Lipinski definition) is 5. The smallest absolute Gasteiger partial charge is 0.278 e. The van der Waals surface area contributed by atoms with Gasteiger partial charge in [0, 0.05) is 25.7 Å². The Morgan fingerprint density at radius 1 is 1.25 bits per heavy atom. The number of carbonyl (C=O) groups excluding carboxylic acids is 2. The van der Waals surface area contributed by atoms with E-state index in [4.69, 9.17) is 4.84 Å². The molecule has 4 rings (SSSR count). The number of oxime groups is 1. The van der Waals surface area contributed by atoms with E-state index >= 15 is 0 Å². The second-order valence-electron chi connectivity index (χ2n) is 7.00. The van der Waals surface area contributed by atoms with Gasteiger partial charge in [-0.3, -0.25) is 9.59 Å². The van der Waals surface area contributed by atoms with Gasteiger partial charge < -0.3 is 20.4 Å². The van der Waals surface area contributed by atoms with Crippen molar-refractivity contribution in [2.75, 3.05) is 32.6 Å². The van der Waals surface area contributed by atoms with Crippen LogP contribution in [-0.2, 0) is 27.4 Å². The fourth-order valence-electron chi connectivity index (χ4n) is 3.71. The SMILES string of the molecule is CNC(=O)CON=C1C(=O)Nc2c1cc(-c1ccccc1)c1c2CN(C)CC1. The van der Waals surface area contributed by atoms with Crippen LogP contribution in [0, 0.1) is 0 Å². The van der Waals surface area contributed by atoms with Crippen LogP contribution in [0.1, 0.15) is 16.7 Å². The first-order chi connectivity index (χ1) is 13.6. The summed E-state index contributed by atoms with van der Waals surface area (Å²) in [7, 11) is 3.59. The van der Waals surface area contributed by atoms with Gasteiger partial charge in [-0.2, -0.15) is 0 Å². The van der Waals surface area contributed by atoms with Crippen molar-refractivity contribution in [1.29, 1.82) is 0 Å². The van der Waals surface area contributed by atoms with Gasteiger partial charge in [0.05, 0.1) is 5.69 Å². The second-order valence-corrected chi connectivity index (χ2v) is 7.00. The van der Waals surface area contributed by atoms with Crippen LogP contribution in [0.15, 0.2) is 41.6 Å². The summed E-state index contributed by atoms with van der Waals surface area (Å²) in [5, 5.41) is 9.37. The lowest BCUT2D eigenvalue weighted by molar-refractivity contribution is -0.125. The number of likely N-dealkylation sites (N-methyl/N-ethyl adjacent to an activating group) is 2. The first-order valence-corrected chi connectivity index (χ1v) is 9.23. The number of nitrogens with one attached hydrogen (secondary N) is 2. The first-order valence-electron chi connectivity index (χ1n) is 9.23. The van der Waals surface area contributed by atoms with Crippen LogP contribution in [0.2, 0.25) is 0 Å². The minimum absolute atomic E-state index is 0.201. The first kappa shape index (κ1) is 18.2. The molecule has 0 saturated heterocycles. The fourth-order valence-corrected chi connectivity index (χ4v) is 3.71. The molecule has 2 amide bonds. The molecule has 2 aliphatic heterocycles. The summed E-state index contributed by atoms with van der Waals surface area (Å²) in [5.74, 6) is -0.618. The van der Waals surface area contributed by atoms with Gasteiger partial charge in [0.2, 0.25) is 0 Å². The maximum absolute atomic E-state index is 12.6. The molecule has 0 aliphatic carbocycles. The Morgan fingerprint density at radius 2 is 2.04 bits per heavy atom. The van der Waals surface area contributed by atoms with Gasteiger partial charge in [-0.05, 0) is 41.8 Å². The van der Waals surface area contributed by atoms with E-state index in [1.54, 1.807) is 0 Å². The lowest BCUT2D eigenvalue weighted by Crippen LogP contribution is -2.27. The van der Waals surface area contributed by atoms with E-state index in [2.05, 4.69) is 39.9 Å². The van der Waals surface area contributed by atoms with Gasteiger partial charge in [-0.25, -0.2) is 0 Å². The third-order valence-electron chi connectivity index (χ3n) is 5.14. The van der Waals surface area contributed by atoms with E-state index < -0.39 is 0 Å². The highest BCUT2D eigenvalue weighted by Crippen LogP contribution is 2.39. The minimum Gasteiger partial charge on any atom is -0.385 e. The molecular weight excluding hydrogens is 356 g/mol. The van der Waals surface area contributed by atoms with Crippen molar-refractivity contribution < 1.29 is 14.4 Å². The second kappa shape index (κ2) is 7.44. The average molecular weight is 378 g/mol. The van der Waals surface area contributed by atoms with Gasteiger partial charge >= 0.3 is 0 Å². The Hall–Kier alpha value is -3.19. The van der Waals surface area contributed by atoms with Crippen molar-refractivity contribution in [1.82, 2.24) is 10.2 Å². The number of anilines is 1. The molecule has 0 bridgehead atoms. The number of hydrogen-bond donors (Lipinski definition) is 2. The van der Waals surface area contributed by atoms with Gasteiger partial charge in [0.25, 0.3) is 11.8 Å². The summed E-state index contributed by atoms with van der Waals surface area (Å²) >= 11 is 0. The molecule has 0 spiro atoms. The molecule has 2 heterocycles. The van der Waals surface area contributed by atoms with Gasteiger partial charge in [0.15, 0.2) is 12.3 Å². The Bertz CT molecular complexity index is 969. The molecule has 0 fully saturated rings. The lowest BCUT2D eigenvalue weighted by Gasteiger charge is -2.29. The fraction of sp³-hybridized carbons (Fsp3) is 0.286. The van der Waals surface area contributed by atoms with Crippen LogP contribution < -0.4 is 10.6 Å². The molecule has 2 aromatic carbocycles. The Morgan fingerprint density at radius 3 is 2.79 bits per heavy atom. The molecule has 7 nitrogen and oxygen atoms in total. The number of benzene rings is 2. The Labute approximate surface area is 163 Å². The zero-order valence-corrected chi connectivity index (χ0v) is 15.9. The summed E-state index contributed by atoms with van der Waals surface area (Å²) < 4.78 is 0. The van der Waals surface area contributed by atoms with Crippen molar-refractivity contribution in [2.24, 2.45) is 5.16 Å². The van der Waals surface area contributed by atoms with Crippen LogP contribution in [0.5, 0.6) is 0 Å². The van der Waals surface area contributed by atoms with Crippen molar-refractivity contribution in [3.8, 4) is 11.1 Å². The van der Waals surface area contributed by atoms with E-state index in [1.165, 1.54) is 12.6 Å². The van der Waals surface area contributed by atoms with Crippen molar-refractivity contribution in [2.45, 2.75) is 13.0 Å². The summed E-state index contributed by atoms with van der Waals surface area (Å²) in [5.41, 5.74) is 6.32. The number of rotatable bonds is 4. The van der Waals surface area contributed by atoms with E-state index in [1.807, 2.05) is 24.3 Å². The number of nitrogens with zero attached hydrogens (tertiary/aromatic N) is 2. The summed E-state index contributed by atoms with van der Waals surface area (Å²) in [6.45, 7) is 1.49. The molecule has 7 heteroatoms. The molecule has 0 atom stereocenters. The largest absolute Gasteiger partial charge is 0.385 e. The van der Waals surface area contributed by atoms with Crippen LogP contribution in [0.4, 0.5) is 5.69 Å². The molecule has 28 heavy (non-hydrogen) atoms. The minimum atomic E-state index is -0.312. The maximum atomic E-state index is 12.6. The molecule has 2 aliphatic rings. The number of fused-ring (bicyclic) bond motifs is 3. The third kappa shape index (κ3) is 3.25. The topological polar surface area (TPSA) is 83.0 Å². The van der Waals surface area contributed by atoms with Gasteiger partial charge in [-0.15, -0.1) is 0 Å². The Balaban J connectivity index is 1.82. The molecule has 144 valence electrons. The zero-order chi connectivity index (χ0) is 19.7. The van der Waals surface area contributed by atoms with Crippen LogP contribution >= 0.6 is 0 Å². The van der Waals surface area contributed by atoms with Crippen LogP contribution in [0.3, 0.4) is 0 Å². The standard InChI is InChI=1S/C21H22N4O3/c1-22-18(26)12-28-24-20-16-10-15(13-6-4-3-5-7-13)14-8-9-25(2)11-17(14)19(16)23-21(20)27/h3-7,10H,8-9,11-12H2,1-2H3,(H,22,26)(H,23,24,27). The van der Waals surface area contributed by atoms with Crippen molar-refractivity contribution in [3.63, 3.8) is 0 Å². The number of amides is 2. The Kier molecular flexibility index (Phi) is 4.83. The maximum Gasteiger partial charge on any atom is 0.278 e. The molecule has 2 aromatic rings. The summed E-state index contributed by atoms with van der Waals surface area (Å²) in [6, 6.07) is 12.2. The molecule has 0 saturated carbocycles. The number of carbonyl (C=O) groups is 2. The summed E-state index contributed by atoms with van der Waals surface area (Å²) in [4.78, 5) is 31.3. The highest BCUT2D eigenvalue weighted by Gasteiger charge is 2.33. The van der Waals surface area contributed by atoms with E-state index in [9.17, 15) is 9.59 Å². The van der Waals surface area contributed by atoms with Crippen molar-refractivity contribution >= 4 is 23.2 Å². The molecule has 0 aromatic heterocycles. The molecule has 0 radical (unpaired) electrons. The van der Waals surface area contributed by atoms with E-state index in [0.717, 1.165) is 47.5 Å². The molecular formula is C21H22N4O3. The lowest BCUT2D eigenvalue weighted by atomic mass is 9.87. The van der Waals surface area contributed by atoms with E-state index in [-0.39, 0.29) is 24.1 Å². The van der Waals surface area contributed by atoms with Crippen LogP contribution in [-0.4, -0.2) is 49.7 Å². The normalized spacial score (nSPS) is 17.1.